The lowest BCUT2D eigenvalue weighted by atomic mass is 9.83. The average Bonchev–Trinajstić information content (AvgIpc) is 2.71. The van der Waals surface area contributed by atoms with Crippen molar-refractivity contribution in [3.8, 4) is 0 Å². The maximum atomic E-state index is 3.88. The molecule has 0 bridgehead atoms. The van der Waals surface area contributed by atoms with E-state index in [0.717, 1.165) is 5.92 Å². The van der Waals surface area contributed by atoms with E-state index in [1.165, 1.54) is 54.3 Å². The number of hydrogen-bond donors (Lipinski definition) is 0. The summed E-state index contributed by atoms with van der Waals surface area (Å²) < 4.78 is 2.35. The highest BCUT2D eigenvalue weighted by Gasteiger charge is 2.22. The lowest BCUT2D eigenvalue weighted by Gasteiger charge is -2.22. The van der Waals surface area contributed by atoms with Gasteiger partial charge >= 0.3 is 0 Å². The Hall–Kier alpha value is -1.50. The predicted octanol–water partition coefficient (Wildman–Crippen LogP) is 5.18. The summed E-state index contributed by atoms with van der Waals surface area (Å²) >= 11 is 0. The van der Waals surface area contributed by atoms with Gasteiger partial charge in [0.05, 0.1) is 0 Å². The molecule has 1 saturated carbocycles. The summed E-state index contributed by atoms with van der Waals surface area (Å²) in [7, 11) is 2.19. The Labute approximate surface area is 115 Å². The number of nitrogens with zero attached hydrogens (tertiary/aromatic N) is 1. The zero-order valence-corrected chi connectivity index (χ0v) is 12.1. The van der Waals surface area contributed by atoms with Gasteiger partial charge in [0.2, 0.25) is 0 Å². The van der Waals surface area contributed by atoms with E-state index >= 15 is 0 Å². The van der Waals surface area contributed by atoms with Crippen LogP contribution in [0.25, 0.3) is 17.0 Å². The molecule has 0 N–H and O–H groups in total. The molecule has 0 radical (unpaired) electrons. The quantitative estimate of drug-likeness (QED) is 0.695. The Balaban J connectivity index is 2.18. The first kappa shape index (κ1) is 12.5. The van der Waals surface area contributed by atoms with E-state index in [9.17, 15) is 0 Å². The van der Waals surface area contributed by atoms with Crippen molar-refractivity contribution in [1.29, 1.82) is 0 Å². The van der Waals surface area contributed by atoms with Gasteiger partial charge in [-0.05, 0) is 42.9 Å². The van der Waals surface area contributed by atoms with Crippen LogP contribution in [0.2, 0.25) is 0 Å². The van der Waals surface area contributed by atoms with Crippen molar-refractivity contribution in [2.45, 2.75) is 44.9 Å². The zero-order chi connectivity index (χ0) is 13.4. The molecule has 0 atom stereocenters. The van der Waals surface area contributed by atoms with Crippen molar-refractivity contribution < 1.29 is 0 Å². The van der Waals surface area contributed by atoms with Crippen LogP contribution in [-0.4, -0.2) is 4.57 Å². The zero-order valence-electron chi connectivity index (χ0n) is 12.1. The van der Waals surface area contributed by atoms with Gasteiger partial charge in [-0.1, -0.05) is 44.1 Å². The van der Waals surface area contributed by atoms with Crippen LogP contribution >= 0.6 is 0 Å². The molecule has 0 saturated heterocycles. The van der Waals surface area contributed by atoms with Crippen LogP contribution in [0.1, 0.15) is 54.8 Å². The molecule has 19 heavy (non-hydrogen) atoms. The molecule has 1 nitrogen and oxygen atoms in total. The molecule has 100 valence electrons. The van der Waals surface area contributed by atoms with Crippen molar-refractivity contribution in [3.05, 3.63) is 41.6 Å². The molecule has 2 aromatic rings. The smallest absolute Gasteiger partial charge is 0.0488 e. The SMILES string of the molecule is C=Cc1ccc2c(C3CCCCC3)c(C)n(C)c2c1. The Morgan fingerprint density at radius 2 is 1.95 bits per heavy atom. The molecule has 1 fully saturated rings. The normalized spacial score (nSPS) is 16.9. The second-order valence-corrected chi connectivity index (χ2v) is 5.87. The highest BCUT2D eigenvalue weighted by Crippen LogP contribution is 2.39. The molecule has 3 rings (SSSR count). The van der Waals surface area contributed by atoms with Gasteiger partial charge in [-0.2, -0.15) is 0 Å². The van der Waals surface area contributed by atoms with Crippen LogP contribution in [0.4, 0.5) is 0 Å². The van der Waals surface area contributed by atoms with Crippen molar-refractivity contribution in [1.82, 2.24) is 4.57 Å². The number of fused-ring (bicyclic) bond motifs is 1. The lowest BCUT2D eigenvalue weighted by molar-refractivity contribution is 0.443. The van der Waals surface area contributed by atoms with E-state index in [0.29, 0.717) is 0 Å². The first-order valence-electron chi connectivity index (χ1n) is 7.43. The van der Waals surface area contributed by atoms with Crippen molar-refractivity contribution >= 4 is 17.0 Å². The molecule has 0 amide bonds. The van der Waals surface area contributed by atoms with Crippen LogP contribution in [0.15, 0.2) is 24.8 Å². The fourth-order valence-corrected chi connectivity index (χ4v) is 3.64. The molecule has 1 aromatic carbocycles. The summed E-state index contributed by atoms with van der Waals surface area (Å²) in [5.74, 6) is 0.770. The molecule has 1 heteroatoms. The molecule has 1 aliphatic carbocycles. The first-order valence-corrected chi connectivity index (χ1v) is 7.43. The summed E-state index contributed by atoms with van der Waals surface area (Å²) in [5.41, 5.74) is 5.62. The Morgan fingerprint density at radius 1 is 1.21 bits per heavy atom. The van der Waals surface area contributed by atoms with Gasteiger partial charge in [0, 0.05) is 23.6 Å². The molecular formula is C18H23N. The topological polar surface area (TPSA) is 4.93 Å². The third-order valence-corrected chi connectivity index (χ3v) is 4.82. The molecule has 1 aliphatic rings. The molecule has 1 aromatic heterocycles. The van der Waals surface area contributed by atoms with Crippen LogP contribution in [0.3, 0.4) is 0 Å². The van der Waals surface area contributed by atoms with E-state index in [-0.39, 0.29) is 0 Å². The van der Waals surface area contributed by atoms with E-state index in [2.05, 4.69) is 43.3 Å². The third-order valence-electron chi connectivity index (χ3n) is 4.82. The minimum atomic E-state index is 0.770. The molecule has 0 aliphatic heterocycles. The minimum Gasteiger partial charge on any atom is -0.348 e. The molecular weight excluding hydrogens is 230 g/mol. The third kappa shape index (κ3) is 2.01. The summed E-state index contributed by atoms with van der Waals surface area (Å²) in [6.07, 6.45) is 8.87. The highest BCUT2D eigenvalue weighted by molar-refractivity contribution is 5.87. The molecule has 0 unspecified atom stereocenters. The van der Waals surface area contributed by atoms with Crippen LogP contribution in [-0.2, 0) is 7.05 Å². The van der Waals surface area contributed by atoms with Gasteiger partial charge in [0.25, 0.3) is 0 Å². The maximum Gasteiger partial charge on any atom is 0.0488 e. The van der Waals surface area contributed by atoms with E-state index in [4.69, 9.17) is 0 Å². The van der Waals surface area contributed by atoms with Crippen LogP contribution < -0.4 is 0 Å². The second-order valence-electron chi connectivity index (χ2n) is 5.87. The molecule has 1 heterocycles. The van der Waals surface area contributed by atoms with Gasteiger partial charge in [0.1, 0.15) is 0 Å². The number of hydrogen-bond acceptors (Lipinski definition) is 0. The number of rotatable bonds is 2. The van der Waals surface area contributed by atoms with Crippen molar-refractivity contribution in [2.75, 3.05) is 0 Å². The Bertz CT molecular complexity index is 612. The number of benzene rings is 1. The van der Waals surface area contributed by atoms with Gasteiger partial charge < -0.3 is 4.57 Å². The highest BCUT2D eigenvalue weighted by atomic mass is 14.9. The Morgan fingerprint density at radius 3 is 2.63 bits per heavy atom. The van der Waals surface area contributed by atoms with Crippen molar-refractivity contribution in [2.24, 2.45) is 7.05 Å². The van der Waals surface area contributed by atoms with E-state index in [1.807, 2.05) is 6.08 Å². The summed E-state index contributed by atoms with van der Waals surface area (Å²) in [5, 5.41) is 1.46. The van der Waals surface area contributed by atoms with Crippen molar-refractivity contribution in [3.63, 3.8) is 0 Å². The summed E-state index contributed by atoms with van der Waals surface area (Å²) in [6, 6.07) is 6.76. The fourth-order valence-electron chi connectivity index (χ4n) is 3.64. The molecule has 0 spiro atoms. The second kappa shape index (κ2) is 4.88. The predicted molar refractivity (Wildman–Crippen MR) is 83.6 cm³/mol. The lowest BCUT2D eigenvalue weighted by Crippen LogP contribution is -2.06. The average molecular weight is 253 g/mol. The fraction of sp³-hybridized carbons (Fsp3) is 0.444. The summed E-state index contributed by atoms with van der Waals surface area (Å²) in [6.45, 7) is 6.15. The Kier molecular flexibility index (Phi) is 3.22. The van der Waals surface area contributed by atoms with E-state index in [1.54, 1.807) is 5.56 Å². The van der Waals surface area contributed by atoms with Gasteiger partial charge in [-0.25, -0.2) is 0 Å². The van der Waals surface area contributed by atoms with Gasteiger partial charge in [-0.3, -0.25) is 0 Å². The van der Waals surface area contributed by atoms with E-state index < -0.39 is 0 Å². The summed E-state index contributed by atoms with van der Waals surface area (Å²) in [4.78, 5) is 0. The number of aryl methyl sites for hydroxylation is 1. The monoisotopic (exact) mass is 253 g/mol. The largest absolute Gasteiger partial charge is 0.348 e. The van der Waals surface area contributed by atoms with Gasteiger partial charge in [-0.15, -0.1) is 0 Å². The number of aromatic nitrogens is 1. The van der Waals surface area contributed by atoms with Crippen LogP contribution in [0.5, 0.6) is 0 Å². The maximum absolute atomic E-state index is 3.88. The standard InChI is InChI=1S/C18H23N/c1-4-14-10-11-16-17(12-14)19(3)13(2)18(16)15-8-6-5-7-9-15/h4,10-12,15H,1,5-9H2,2-3H3. The first-order chi connectivity index (χ1) is 9.22. The van der Waals surface area contributed by atoms with Gasteiger partial charge in [0.15, 0.2) is 0 Å². The van der Waals surface area contributed by atoms with Crippen LogP contribution in [0, 0.1) is 6.92 Å². The minimum absolute atomic E-state index is 0.770.